The average molecular weight is 424 g/mol. The summed E-state index contributed by atoms with van der Waals surface area (Å²) in [6, 6.07) is 4.99. The highest BCUT2D eigenvalue weighted by Crippen LogP contribution is 2.32. The molecule has 4 rings (SSSR count). The number of carbonyl (C=O) groups is 1. The predicted molar refractivity (Wildman–Crippen MR) is 106 cm³/mol. The molecule has 0 spiro atoms. The van der Waals surface area contributed by atoms with Crippen LogP contribution in [0.5, 0.6) is 0 Å². The van der Waals surface area contributed by atoms with Gasteiger partial charge < -0.3 is 9.80 Å². The molecule has 2 aromatic rings. The second-order valence-corrected chi connectivity index (χ2v) is 8.26. The van der Waals surface area contributed by atoms with Crippen LogP contribution < -0.4 is 4.90 Å². The second-order valence-electron chi connectivity index (χ2n) is 7.43. The normalized spacial score (nSPS) is 18.4. The number of anilines is 1. The van der Waals surface area contributed by atoms with Gasteiger partial charge in [-0.05, 0) is 38.1 Å². The zero-order valence-electron chi connectivity index (χ0n) is 16.0. The highest BCUT2D eigenvalue weighted by molar-refractivity contribution is 7.13. The fraction of sp³-hybridized carbons (Fsp3) is 0.500. The van der Waals surface area contributed by atoms with Gasteiger partial charge in [0.15, 0.2) is 5.13 Å². The Morgan fingerprint density at radius 1 is 1.03 bits per heavy atom. The minimum Gasteiger partial charge on any atom is -0.345 e. The summed E-state index contributed by atoms with van der Waals surface area (Å²) >= 11 is 1.59. The minimum atomic E-state index is -4.54. The first-order valence-electron chi connectivity index (χ1n) is 9.79. The number of aromatic nitrogens is 1. The second kappa shape index (κ2) is 8.31. The summed E-state index contributed by atoms with van der Waals surface area (Å²) in [6.45, 7) is 4.99. The molecular weight excluding hydrogens is 401 g/mol. The molecule has 1 amide bonds. The first-order chi connectivity index (χ1) is 13.9. The minimum absolute atomic E-state index is 0.282. The van der Waals surface area contributed by atoms with Crippen LogP contribution in [0.1, 0.15) is 34.5 Å². The fourth-order valence-corrected chi connectivity index (χ4v) is 4.74. The van der Waals surface area contributed by atoms with E-state index in [-0.39, 0.29) is 5.56 Å². The summed E-state index contributed by atoms with van der Waals surface area (Å²) in [6.07, 6.45) is -2.06. The number of nitrogens with zero attached hydrogens (tertiary/aromatic N) is 4. The van der Waals surface area contributed by atoms with E-state index in [2.05, 4.69) is 15.2 Å². The Morgan fingerprint density at radius 2 is 1.72 bits per heavy atom. The number of alkyl halides is 3. The molecule has 29 heavy (non-hydrogen) atoms. The van der Waals surface area contributed by atoms with E-state index in [0.29, 0.717) is 26.2 Å². The van der Waals surface area contributed by atoms with Gasteiger partial charge in [0.2, 0.25) is 0 Å². The molecule has 2 fully saturated rings. The van der Waals surface area contributed by atoms with E-state index in [1.807, 2.05) is 0 Å². The standard InChI is InChI=1S/C20H23F3N4OS/c21-20(22,23)17-6-2-1-5-16(17)18(28)26-9-11-27(12-10-26)19-24-15(14-29-19)13-25-7-3-4-8-25/h1-2,5-6,14H,3-4,7-13H2. The Kier molecular flexibility index (Phi) is 5.78. The summed E-state index contributed by atoms with van der Waals surface area (Å²) in [7, 11) is 0. The Balaban J connectivity index is 1.37. The first-order valence-corrected chi connectivity index (χ1v) is 10.7. The van der Waals surface area contributed by atoms with Crippen LogP contribution in [-0.2, 0) is 12.7 Å². The molecule has 0 atom stereocenters. The number of likely N-dealkylation sites (tertiary alicyclic amines) is 1. The summed E-state index contributed by atoms with van der Waals surface area (Å²) < 4.78 is 39.7. The number of carbonyl (C=O) groups excluding carboxylic acids is 1. The predicted octanol–water partition coefficient (Wildman–Crippen LogP) is 3.72. The van der Waals surface area contributed by atoms with Crippen molar-refractivity contribution < 1.29 is 18.0 Å². The first kappa shape index (κ1) is 20.2. The number of thiazole rings is 1. The van der Waals surface area contributed by atoms with Crippen molar-refractivity contribution in [3.05, 3.63) is 46.5 Å². The topological polar surface area (TPSA) is 39.7 Å². The van der Waals surface area contributed by atoms with Crippen LogP contribution in [0.15, 0.2) is 29.6 Å². The van der Waals surface area contributed by atoms with E-state index < -0.39 is 17.6 Å². The summed E-state index contributed by atoms with van der Waals surface area (Å²) in [5.41, 5.74) is -0.0981. The van der Waals surface area contributed by atoms with E-state index >= 15 is 0 Å². The van der Waals surface area contributed by atoms with E-state index in [1.165, 1.54) is 35.9 Å². The van der Waals surface area contributed by atoms with Crippen LogP contribution in [0.4, 0.5) is 18.3 Å². The molecule has 5 nitrogen and oxygen atoms in total. The molecule has 1 aromatic heterocycles. The van der Waals surface area contributed by atoms with Crippen LogP contribution in [0.3, 0.4) is 0 Å². The number of piperazine rings is 1. The van der Waals surface area contributed by atoms with Gasteiger partial charge in [-0.25, -0.2) is 4.98 Å². The molecule has 2 aliphatic heterocycles. The monoisotopic (exact) mass is 424 g/mol. The van der Waals surface area contributed by atoms with E-state index in [9.17, 15) is 18.0 Å². The van der Waals surface area contributed by atoms with Crippen LogP contribution in [0, 0.1) is 0 Å². The number of rotatable bonds is 4. The van der Waals surface area contributed by atoms with Crippen molar-refractivity contribution in [1.82, 2.24) is 14.8 Å². The van der Waals surface area contributed by atoms with Gasteiger partial charge in [-0.3, -0.25) is 9.69 Å². The van der Waals surface area contributed by atoms with Gasteiger partial charge in [0.25, 0.3) is 5.91 Å². The van der Waals surface area contributed by atoms with Crippen LogP contribution in [0.2, 0.25) is 0 Å². The molecule has 0 bridgehead atoms. The molecule has 2 saturated heterocycles. The number of benzene rings is 1. The number of hydrogen-bond acceptors (Lipinski definition) is 5. The van der Waals surface area contributed by atoms with Crippen LogP contribution >= 0.6 is 11.3 Å². The summed E-state index contributed by atoms with van der Waals surface area (Å²) in [5, 5.41) is 2.99. The molecule has 0 unspecified atom stereocenters. The van der Waals surface area contributed by atoms with Gasteiger partial charge in [0.1, 0.15) is 0 Å². The quantitative estimate of drug-likeness (QED) is 0.750. The summed E-state index contributed by atoms with van der Waals surface area (Å²) in [4.78, 5) is 23.4. The van der Waals surface area contributed by atoms with Gasteiger partial charge in [0, 0.05) is 38.1 Å². The smallest absolute Gasteiger partial charge is 0.345 e. The van der Waals surface area contributed by atoms with E-state index in [4.69, 9.17) is 4.98 Å². The zero-order chi connectivity index (χ0) is 20.4. The van der Waals surface area contributed by atoms with Gasteiger partial charge >= 0.3 is 6.18 Å². The molecule has 9 heteroatoms. The third-order valence-corrected chi connectivity index (χ3v) is 6.37. The molecule has 1 aromatic carbocycles. The highest BCUT2D eigenvalue weighted by Gasteiger charge is 2.36. The van der Waals surface area contributed by atoms with Crippen LogP contribution in [0.25, 0.3) is 0 Å². The lowest BCUT2D eigenvalue weighted by Gasteiger charge is -2.35. The molecular formula is C20H23F3N4OS. The van der Waals surface area contributed by atoms with Gasteiger partial charge in [-0.1, -0.05) is 12.1 Å². The maximum Gasteiger partial charge on any atom is 0.417 e. The van der Waals surface area contributed by atoms with Gasteiger partial charge in [0.05, 0.1) is 16.8 Å². The molecule has 0 radical (unpaired) electrons. The van der Waals surface area contributed by atoms with E-state index in [1.54, 1.807) is 11.3 Å². The third-order valence-electron chi connectivity index (χ3n) is 5.42. The fourth-order valence-electron chi connectivity index (χ4n) is 3.87. The summed E-state index contributed by atoms with van der Waals surface area (Å²) in [5.74, 6) is -0.563. The Hall–Kier alpha value is -2.13. The van der Waals surface area contributed by atoms with Gasteiger partial charge in [-0.15, -0.1) is 11.3 Å². The Labute approximate surface area is 171 Å². The molecule has 3 heterocycles. The Morgan fingerprint density at radius 3 is 2.41 bits per heavy atom. The van der Waals surface area contributed by atoms with Crippen LogP contribution in [-0.4, -0.2) is 60.0 Å². The van der Waals surface area contributed by atoms with Crippen molar-refractivity contribution >= 4 is 22.4 Å². The largest absolute Gasteiger partial charge is 0.417 e. The third kappa shape index (κ3) is 4.56. The molecule has 0 N–H and O–H groups in total. The molecule has 0 saturated carbocycles. The Bertz CT molecular complexity index is 855. The molecule has 2 aliphatic rings. The van der Waals surface area contributed by atoms with Gasteiger partial charge in [-0.2, -0.15) is 13.2 Å². The zero-order valence-corrected chi connectivity index (χ0v) is 16.8. The lowest BCUT2D eigenvalue weighted by atomic mass is 10.1. The lowest BCUT2D eigenvalue weighted by Crippen LogP contribution is -2.49. The highest BCUT2D eigenvalue weighted by atomic mass is 32.1. The maximum absolute atomic E-state index is 13.2. The van der Waals surface area contributed by atoms with Crippen molar-refractivity contribution in [2.75, 3.05) is 44.2 Å². The number of amides is 1. The average Bonchev–Trinajstić information content (AvgIpc) is 3.39. The molecule has 0 aliphatic carbocycles. The number of halogens is 3. The van der Waals surface area contributed by atoms with Crippen molar-refractivity contribution in [3.8, 4) is 0 Å². The molecule has 156 valence electrons. The maximum atomic E-state index is 13.2. The van der Waals surface area contributed by atoms with Crippen molar-refractivity contribution in [2.45, 2.75) is 25.6 Å². The van der Waals surface area contributed by atoms with Crippen molar-refractivity contribution in [1.29, 1.82) is 0 Å². The SMILES string of the molecule is O=C(c1ccccc1C(F)(F)F)N1CCN(c2nc(CN3CCCC3)cs2)CC1. The lowest BCUT2D eigenvalue weighted by molar-refractivity contribution is -0.138. The number of hydrogen-bond donors (Lipinski definition) is 0. The van der Waals surface area contributed by atoms with Crippen molar-refractivity contribution in [2.24, 2.45) is 0 Å². The van der Waals surface area contributed by atoms with Crippen molar-refractivity contribution in [3.63, 3.8) is 0 Å². The van der Waals surface area contributed by atoms with E-state index in [0.717, 1.165) is 36.5 Å².